The summed E-state index contributed by atoms with van der Waals surface area (Å²) in [5.41, 5.74) is 0. The molecule has 1 aromatic rings. The fraction of sp³-hybridized carbons (Fsp3) is 0.780. The van der Waals surface area contributed by atoms with Crippen LogP contribution in [0.1, 0.15) is 84.0 Å². The summed E-state index contributed by atoms with van der Waals surface area (Å²) in [5.74, 6) is 2.98. The van der Waals surface area contributed by atoms with Gasteiger partial charge in [-0.05, 0) is 62.6 Å². The van der Waals surface area contributed by atoms with Gasteiger partial charge in [-0.25, -0.2) is 4.79 Å². The zero-order valence-corrected chi connectivity index (χ0v) is 35.9. The normalized spacial score (nSPS) is 17.8. The Labute approximate surface area is 350 Å². The van der Waals surface area contributed by atoms with Crippen molar-refractivity contribution in [2.75, 3.05) is 97.3 Å². The number of fused-ring (bicyclic) bond motifs is 1. The van der Waals surface area contributed by atoms with Crippen LogP contribution in [0.15, 0.2) is 24.3 Å². The molecule has 0 aromatic heterocycles. The monoisotopic (exact) mass is 842 g/mol. The lowest BCUT2D eigenvalue weighted by Crippen LogP contribution is -2.36. The maximum absolute atomic E-state index is 12.1. The zero-order valence-electron chi connectivity index (χ0n) is 34.1. The largest absolute Gasteiger partial charge is 0.491 e. The topological polar surface area (TPSA) is 164 Å². The number of hydrogen-bond acceptors (Lipinski definition) is 12. The van der Waals surface area contributed by atoms with Crippen LogP contribution in [0.3, 0.4) is 0 Å². The van der Waals surface area contributed by atoms with Crippen molar-refractivity contribution in [3.8, 4) is 11.5 Å². The van der Waals surface area contributed by atoms with Crippen molar-refractivity contribution in [3.63, 3.8) is 0 Å². The molecule has 4 amide bonds. The van der Waals surface area contributed by atoms with E-state index in [1.54, 1.807) is 24.3 Å². The molecule has 1 aromatic carbocycles. The van der Waals surface area contributed by atoms with E-state index in [2.05, 4.69) is 40.8 Å². The number of nitrogens with one attached hydrogen (secondary N) is 4. The van der Waals surface area contributed by atoms with Gasteiger partial charge in [0.05, 0.1) is 77.6 Å². The van der Waals surface area contributed by atoms with Crippen LogP contribution in [0, 0.1) is 0 Å². The molecule has 0 aliphatic carbocycles. The van der Waals surface area contributed by atoms with E-state index in [9.17, 15) is 14.4 Å². The fourth-order valence-corrected chi connectivity index (χ4v) is 8.17. The zero-order chi connectivity index (χ0) is 40.6. The van der Waals surface area contributed by atoms with Gasteiger partial charge in [-0.2, -0.15) is 24.4 Å². The van der Waals surface area contributed by atoms with Crippen molar-refractivity contribution in [2.45, 2.75) is 107 Å². The standard InChI is InChI=1S/C41H70N4O10S2/c1-33(11-7-5-3-2-4-6-10-30-56)53-28-26-51-24-25-52-27-29-54-34-14-16-35(17-15-34)55-31-39(47)43-19-21-50-23-22-49-20-18-42-38(46)13-9-8-12-37-40-36(32-57-37)44-41(48)45-40/h14-17,33,36-37,40,56H,2-13,18-32H2,1H3,(H,42,46)(H,43,47)(H2,44,45,48). The van der Waals surface area contributed by atoms with Crippen LogP contribution in [0.5, 0.6) is 11.5 Å². The van der Waals surface area contributed by atoms with Crippen LogP contribution in [0.4, 0.5) is 4.79 Å². The van der Waals surface area contributed by atoms with Gasteiger partial charge in [0, 0.05) is 30.5 Å². The molecule has 4 atom stereocenters. The van der Waals surface area contributed by atoms with Crippen LogP contribution in [-0.2, 0) is 33.3 Å². The molecule has 0 saturated carbocycles. The number of carbonyl (C=O) groups excluding carboxylic acids is 3. The minimum atomic E-state index is -0.243. The number of thioether (sulfide) groups is 1. The van der Waals surface area contributed by atoms with Gasteiger partial charge in [-0.3, -0.25) is 9.59 Å². The number of amides is 4. The molecule has 2 saturated heterocycles. The molecule has 4 N–H and O–H groups in total. The molecule has 3 rings (SSSR count). The third-order valence-corrected chi connectivity index (χ3v) is 11.4. The van der Waals surface area contributed by atoms with Gasteiger partial charge in [0.1, 0.15) is 18.1 Å². The second kappa shape index (κ2) is 32.4. The first-order valence-corrected chi connectivity index (χ1v) is 22.7. The number of hydrogen-bond donors (Lipinski definition) is 5. The van der Waals surface area contributed by atoms with E-state index in [-0.39, 0.29) is 42.6 Å². The molecule has 0 spiro atoms. The van der Waals surface area contributed by atoms with Gasteiger partial charge < -0.3 is 54.4 Å². The van der Waals surface area contributed by atoms with Gasteiger partial charge in [0.2, 0.25) is 5.91 Å². The highest BCUT2D eigenvalue weighted by molar-refractivity contribution is 8.00. The Bertz CT molecular complexity index is 1200. The van der Waals surface area contributed by atoms with Gasteiger partial charge in [-0.15, -0.1) is 0 Å². The first-order valence-electron chi connectivity index (χ1n) is 21.1. The number of unbranched alkanes of at least 4 members (excludes halogenated alkanes) is 7. The number of urea groups is 1. The Morgan fingerprint density at radius 1 is 0.719 bits per heavy atom. The summed E-state index contributed by atoms with van der Waals surface area (Å²) in [6.07, 6.45) is 13.6. The molecular formula is C41H70N4O10S2. The van der Waals surface area contributed by atoms with E-state index in [0.29, 0.717) is 102 Å². The highest BCUT2D eigenvalue weighted by atomic mass is 32.2. The van der Waals surface area contributed by atoms with E-state index in [1.807, 2.05) is 11.8 Å². The summed E-state index contributed by atoms with van der Waals surface area (Å²) >= 11 is 6.15. The Kier molecular flexibility index (Phi) is 27.8. The third-order valence-electron chi connectivity index (χ3n) is 9.55. The first-order chi connectivity index (χ1) is 27.9. The molecule has 2 aliphatic heterocycles. The molecule has 2 fully saturated rings. The summed E-state index contributed by atoms with van der Waals surface area (Å²) in [4.78, 5) is 35.7. The van der Waals surface area contributed by atoms with Crippen molar-refractivity contribution in [1.29, 1.82) is 0 Å². The third kappa shape index (κ3) is 24.3. The average Bonchev–Trinajstić information content (AvgIpc) is 3.77. The summed E-state index contributed by atoms with van der Waals surface area (Å²) in [7, 11) is 0. The number of benzene rings is 1. The van der Waals surface area contributed by atoms with Crippen LogP contribution < -0.4 is 30.7 Å². The molecular weight excluding hydrogens is 773 g/mol. The molecule has 2 aliphatic rings. The van der Waals surface area contributed by atoms with Crippen molar-refractivity contribution in [1.82, 2.24) is 21.3 Å². The Hall–Kier alpha value is -2.47. The van der Waals surface area contributed by atoms with Gasteiger partial charge >= 0.3 is 6.03 Å². The molecule has 2 heterocycles. The molecule has 0 bridgehead atoms. The van der Waals surface area contributed by atoms with Crippen molar-refractivity contribution in [3.05, 3.63) is 24.3 Å². The highest BCUT2D eigenvalue weighted by Crippen LogP contribution is 2.33. The summed E-state index contributed by atoms with van der Waals surface area (Å²) in [6, 6.07) is 7.46. The lowest BCUT2D eigenvalue weighted by molar-refractivity contribution is -0.123. The van der Waals surface area contributed by atoms with Gasteiger partial charge in [0.25, 0.3) is 5.91 Å². The minimum Gasteiger partial charge on any atom is -0.491 e. The predicted molar refractivity (Wildman–Crippen MR) is 227 cm³/mol. The Balaban J connectivity index is 1.02. The lowest BCUT2D eigenvalue weighted by Gasteiger charge is -2.16. The maximum Gasteiger partial charge on any atom is 0.315 e. The average molecular weight is 843 g/mol. The number of ether oxygens (including phenoxy) is 7. The maximum atomic E-state index is 12.1. The lowest BCUT2D eigenvalue weighted by atomic mass is 10.0. The molecule has 57 heavy (non-hydrogen) atoms. The summed E-state index contributed by atoms with van der Waals surface area (Å²) < 4.78 is 39.3. The molecule has 14 nitrogen and oxygen atoms in total. The van der Waals surface area contributed by atoms with Gasteiger partial charge in [0.15, 0.2) is 6.61 Å². The summed E-state index contributed by atoms with van der Waals surface area (Å²) in [6.45, 7) is 7.42. The smallest absolute Gasteiger partial charge is 0.315 e. The minimum absolute atomic E-state index is 0.0211. The van der Waals surface area contributed by atoms with Crippen LogP contribution in [-0.4, -0.2) is 139 Å². The number of rotatable bonds is 37. The van der Waals surface area contributed by atoms with Crippen molar-refractivity contribution >= 4 is 42.2 Å². The van der Waals surface area contributed by atoms with Crippen LogP contribution in [0.25, 0.3) is 0 Å². The Morgan fingerprint density at radius 2 is 1.30 bits per heavy atom. The molecule has 326 valence electrons. The molecule has 4 unspecified atom stereocenters. The van der Waals surface area contributed by atoms with E-state index < -0.39 is 0 Å². The van der Waals surface area contributed by atoms with Crippen molar-refractivity contribution in [2.24, 2.45) is 0 Å². The van der Waals surface area contributed by atoms with Crippen molar-refractivity contribution < 1.29 is 47.5 Å². The number of carbonyl (C=O) groups is 3. The van der Waals surface area contributed by atoms with E-state index in [4.69, 9.17) is 33.2 Å². The van der Waals surface area contributed by atoms with Crippen LogP contribution in [0.2, 0.25) is 0 Å². The highest BCUT2D eigenvalue weighted by Gasteiger charge is 2.42. The van der Waals surface area contributed by atoms with Gasteiger partial charge in [-0.1, -0.05) is 44.9 Å². The predicted octanol–water partition coefficient (Wildman–Crippen LogP) is 4.92. The van der Waals surface area contributed by atoms with E-state index in [0.717, 1.165) is 37.2 Å². The molecule has 16 heteroatoms. The van der Waals surface area contributed by atoms with E-state index in [1.165, 1.54) is 44.9 Å². The fourth-order valence-electron chi connectivity index (χ4n) is 6.40. The molecule has 0 radical (unpaired) electrons. The van der Waals surface area contributed by atoms with E-state index >= 15 is 0 Å². The Morgan fingerprint density at radius 3 is 1.98 bits per heavy atom. The SMILES string of the molecule is CC(CCCCCCCCCS)OCCOCCOCCOc1ccc(OCC(=O)NCCOCCOCCNC(=O)CCCCC2SCC3NC(=O)NC32)cc1. The second-order valence-corrected chi connectivity index (χ2v) is 16.0. The first kappa shape index (κ1) is 48.9. The summed E-state index contributed by atoms with van der Waals surface area (Å²) in [5, 5.41) is 12.0. The second-order valence-electron chi connectivity index (χ2n) is 14.3. The quantitative estimate of drug-likeness (QED) is 0.0351. The van der Waals surface area contributed by atoms with Crippen LogP contribution >= 0.6 is 24.4 Å². The number of thiol groups is 1.